The van der Waals surface area contributed by atoms with Crippen molar-refractivity contribution in [3.8, 4) is 0 Å². The number of pyridine rings is 1. The van der Waals surface area contributed by atoms with Crippen molar-refractivity contribution in [1.29, 1.82) is 0 Å². The first kappa shape index (κ1) is 14.7. The molecule has 3 rings (SSSR count). The molecule has 0 bridgehead atoms. The lowest BCUT2D eigenvalue weighted by atomic mass is 10.2. The highest BCUT2D eigenvalue weighted by Crippen LogP contribution is 2.09. The van der Waals surface area contributed by atoms with Gasteiger partial charge in [-0.2, -0.15) is 0 Å². The fourth-order valence-electron chi connectivity index (χ4n) is 2.23. The number of nitrogens with zero attached hydrogens (tertiary/aromatic N) is 1. The number of amides is 1. The third kappa shape index (κ3) is 3.18. The topological polar surface area (TPSA) is 108 Å². The zero-order chi connectivity index (χ0) is 16.4. The first-order chi connectivity index (χ1) is 11.0. The Kier molecular flexibility index (Phi) is 3.76. The Balaban J connectivity index is 1.85. The van der Waals surface area contributed by atoms with E-state index in [-0.39, 0.29) is 23.5 Å². The van der Waals surface area contributed by atoms with Crippen LogP contribution >= 0.6 is 0 Å². The summed E-state index contributed by atoms with van der Waals surface area (Å²) in [6.07, 6.45) is 1.50. The van der Waals surface area contributed by atoms with Crippen LogP contribution in [0.1, 0.15) is 21.7 Å². The fraction of sp³-hybridized carbons (Fsp3) is 0.125. The van der Waals surface area contributed by atoms with Crippen molar-refractivity contribution in [2.45, 2.75) is 13.5 Å². The Labute approximate surface area is 130 Å². The van der Waals surface area contributed by atoms with Crippen LogP contribution < -0.4 is 16.4 Å². The second-order valence-electron chi connectivity index (χ2n) is 5.18. The molecule has 0 atom stereocenters. The van der Waals surface area contributed by atoms with Crippen LogP contribution in [-0.2, 0) is 6.54 Å². The Hall–Kier alpha value is -3.22. The van der Waals surface area contributed by atoms with Crippen molar-refractivity contribution in [2.24, 2.45) is 0 Å². The quantitative estimate of drug-likeness (QED) is 0.666. The van der Waals surface area contributed by atoms with Crippen LogP contribution in [0, 0.1) is 6.92 Å². The molecule has 0 unspecified atom stereocenters. The molecule has 2 heterocycles. The lowest BCUT2D eigenvalue weighted by Gasteiger charge is -2.05. The fourth-order valence-corrected chi connectivity index (χ4v) is 2.23. The van der Waals surface area contributed by atoms with Gasteiger partial charge in [0.2, 0.25) is 5.56 Å². The molecule has 3 aromatic rings. The number of hydrogen-bond donors (Lipinski definition) is 3. The summed E-state index contributed by atoms with van der Waals surface area (Å²) in [5, 5.41) is 3.06. The molecule has 0 saturated heterocycles. The number of fused-ring (bicyclic) bond motifs is 1. The number of carbonyl (C=O) groups excluding carboxylic acids is 1. The summed E-state index contributed by atoms with van der Waals surface area (Å²) < 4.78 is 0. The predicted molar refractivity (Wildman–Crippen MR) is 85.3 cm³/mol. The molecular formula is C16H14N4O3. The monoisotopic (exact) mass is 310 g/mol. The van der Waals surface area contributed by atoms with Crippen molar-refractivity contribution < 1.29 is 4.79 Å². The smallest absolute Gasteiger partial charge is 0.287 e. The average molecular weight is 310 g/mol. The van der Waals surface area contributed by atoms with E-state index in [9.17, 15) is 14.4 Å². The number of aromatic nitrogens is 3. The zero-order valence-corrected chi connectivity index (χ0v) is 12.3. The predicted octanol–water partition coefficient (Wildman–Crippen LogP) is 0.850. The van der Waals surface area contributed by atoms with Crippen LogP contribution in [0.2, 0.25) is 0 Å². The molecule has 116 valence electrons. The lowest BCUT2D eigenvalue weighted by molar-refractivity contribution is 0.0940. The van der Waals surface area contributed by atoms with E-state index in [2.05, 4.69) is 20.3 Å². The van der Waals surface area contributed by atoms with Gasteiger partial charge >= 0.3 is 0 Å². The molecule has 2 aromatic heterocycles. The molecule has 0 aliphatic carbocycles. The van der Waals surface area contributed by atoms with Gasteiger partial charge in [-0.25, -0.2) is 4.98 Å². The molecule has 7 nitrogen and oxygen atoms in total. The molecule has 1 aromatic carbocycles. The number of H-pyrrole nitrogens is 2. The number of hydrogen-bond acceptors (Lipinski definition) is 4. The van der Waals surface area contributed by atoms with Gasteiger partial charge in [-0.05, 0) is 30.7 Å². The molecule has 0 saturated carbocycles. The van der Waals surface area contributed by atoms with Gasteiger partial charge in [0.05, 0.1) is 10.9 Å². The van der Waals surface area contributed by atoms with Crippen molar-refractivity contribution in [3.63, 3.8) is 0 Å². The molecule has 0 fully saturated rings. The minimum atomic E-state index is -0.509. The van der Waals surface area contributed by atoms with Gasteiger partial charge in [0.25, 0.3) is 11.5 Å². The average Bonchev–Trinajstić information content (AvgIpc) is 2.53. The van der Waals surface area contributed by atoms with E-state index in [1.54, 1.807) is 18.2 Å². The maximum Gasteiger partial charge on any atom is 0.287 e. The highest BCUT2D eigenvalue weighted by Gasteiger charge is 2.11. The van der Waals surface area contributed by atoms with E-state index in [0.29, 0.717) is 16.5 Å². The van der Waals surface area contributed by atoms with Gasteiger partial charge in [0.1, 0.15) is 0 Å². The summed E-state index contributed by atoms with van der Waals surface area (Å²) in [4.78, 5) is 44.5. The van der Waals surface area contributed by atoms with Crippen molar-refractivity contribution in [1.82, 2.24) is 20.3 Å². The first-order valence-electron chi connectivity index (χ1n) is 6.99. The second kappa shape index (κ2) is 5.88. The summed E-state index contributed by atoms with van der Waals surface area (Å²) in [7, 11) is 0. The summed E-state index contributed by atoms with van der Waals surface area (Å²) >= 11 is 0. The Morgan fingerprint density at radius 2 is 2.04 bits per heavy atom. The largest absolute Gasteiger partial charge is 0.345 e. The summed E-state index contributed by atoms with van der Waals surface area (Å²) in [6, 6.07) is 8.32. The van der Waals surface area contributed by atoms with Crippen LogP contribution in [0.15, 0.2) is 46.1 Å². The molecule has 0 radical (unpaired) electrons. The highest BCUT2D eigenvalue weighted by molar-refractivity contribution is 5.92. The van der Waals surface area contributed by atoms with Gasteiger partial charge in [0, 0.05) is 18.8 Å². The summed E-state index contributed by atoms with van der Waals surface area (Å²) in [5.74, 6) is -0.568. The van der Waals surface area contributed by atoms with E-state index in [4.69, 9.17) is 0 Å². The van der Waals surface area contributed by atoms with Gasteiger partial charge < -0.3 is 15.3 Å². The highest BCUT2D eigenvalue weighted by atomic mass is 16.2. The van der Waals surface area contributed by atoms with Crippen LogP contribution in [0.3, 0.4) is 0 Å². The molecule has 0 aliphatic rings. The number of benzene rings is 1. The molecule has 1 amide bonds. The molecule has 7 heteroatoms. The van der Waals surface area contributed by atoms with E-state index in [1.807, 2.05) is 13.0 Å². The zero-order valence-electron chi connectivity index (χ0n) is 12.3. The molecule has 0 spiro atoms. The van der Waals surface area contributed by atoms with Crippen molar-refractivity contribution >= 4 is 16.8 Å². The summed E-state index contributed by atoms with van der Waals surface area (Å²) in [5.41, 5.74) is 1.45. The molecule has 3 N–H and O–H groups in total. The third-order valence-corrected chi connectivity index (χ3v) is 3.37. The van der Waals surface area contributed by atoms with Crippen LogP contribution in [-0.4, -0.2) is 20.9 Å². The van der Waals surface area contributed by atoms with Gasteiger partial charge in [-0.3, -0.25) is 14.4 Å². The number of nitrogens with one attached hydrogen (secondary N) is 3. The van der Waals surface area contributed by atoms with E-state index in [1.165, 1.54) is 12.3 Å². The standard InChI is InChI=1S/C16H14N4O3/c1-9-2-3-12-11(6-9)15(22)20-14(19-12)16(23)18-8-10-4-5-17-13(21)7-10/h2-7H,8H2,1H3,(H,17,21)(H,18,23)(H,19,20,22). The van der Waals surface area contributed by atoms with Crippen LogP contribution in [0.25, 0.3) is 10.9 Å². The van der Waals surface area contributed by atoms with Crippen LogP contribution in [0.5, 0.6) is 0 Å². The third-order valence-electron chi connectivity index (χ3n) is 3.37. The number of rotatable bonds is 3. The lowest BCUT2D eigenvalue weighted by Crippen LogP contribution is -2.28. The van der Waals surface area contributed by atoms with E-state index in [0.717, 1.165) is 5.56 Å². The number of aryl methyl sites for hydroxylation is 1. The molecule has 23 heavy (non-hydrogen) atoms. The van der Waals surface area contributed by atoms with E-state index < -0.39 is 5.91 Å². The summed E-state index contributed by atoms with van der Waals surface area (Å²) in [6.45, 7) is 2.04. The van der Waals surface area contributed by atoms with Crippen molar-refractivity contribution in [3.05, 3.63) is 74.2 Å². The number of aromatic amines is 2. The Morgan fingerprint density at radius 1 is 1.22 bits per heavy atom. The van der Waals surface area contributed by atoms with Gasteiger partial charge in [-0.15, -0.1) is 0 Å². The van der Waals surface area contributed by atoms with E-state index >= 15 is 0 Å². The Morgan fingerprint density at radius 3 is 2.83 bits per heavy atom. The number of carbonyl (C=O) groups is 1. The molecule has 0 aliphatic heterocycles. The van der Waals surface area contributed by atoms with Crippen molar-refractivity contribution in [2.75, 3.05) is 0 Å². The normalized spacial score (nSPS) is 10.7. The Bertz CT molecular complexity index is 1000. The second-order valence-corrected chi connectivity index (χ2v) is 5.18. The maximum atomic E-state index is 12.1. The van der Waals surface area contributed by atoms with Gasteiger partial charge in [0.15, 0.2) is 5.82 Å². The first-order valence-corrected chi connectivity index (χ1v) is 6.99. The van der Waals surface area contributed by atoms with Crippen LogP contribution in [0.4, 0.5) is 0 Å². The van der Waals surface area contributed by atoms with Gasteiger partial charge in [-0.1, -0.05) is 11.6 Å². The SMILES string of the molecule is Cc1ccc2nc(C(=O)NCc3cc[nH]c(=O)c3)[nH]c(=O)c2c1. The minimum Gasteiger partial charge on any atom is -0.345 e. The maximum absolute atomic E-state index is 12.1. The minimum absolute atomic E-state index is 0.0591. The molecular weight excluding hydrogens is 296 g/mol.